The number of rotatable bonds is 6. The van der Waals surface area contributed by atoms with Crippen molar-refractivity contribution in [3.8, 4) is 0 Å². The van der Waals surface area contributed by atoms with Crippen LogP contribution in [0.2, 0.25) is 0 Å². The molecule has 3 nitrogen and oxygen atoms in total. The minimum atomic E-state index is -0.0453. The van der Waals surface area contributed by atoms with Gasteiger partial charge in [-0.3, -0.25) is 4.79 Å². The minimum Gasteiger partial charge on any atom is -0.381 e. The Bertz CT molecular complexity index is 306. The maximum Gasteiger partial charge on any atom is 0.248 e. The third-order valence-corrected chi connectivity index (χ3v) is 2.02. The zero-order valence-electron chi connectivity index (χ0n) is 8.58. The Morgan fingerprint density at radius 2 is 2.29 bits per heavy atom. The van der Waals surface area contributed by atoms with Crippen LogP contribution in [0.3, 0.4) is 0 Å². The van der Waals surface area contributed by atoms with Crippen molar-refractivity contribution < 1.29 is 4.74 Å². The highest BCUT2D eigenvalue weighted by Crippen LogP contribution is 1.96. The monoisotopic (exact) mass is 195 g/mol. The summed E-state index contributed by atoms with van der Waals surface area (Å²) in [6, 6.07) is 3.52. The van der Waals surface area contributed by atoms with Gasteiger partial charge in [-0.25, -0.2) is 0 Å². The second-order valence-corrected chi connectivity index (χ2v) is 3.28. The van der Waals surface area contributed by atoms with Crippen molar-refractivity contribution in [3.05, 3.63) is 34.2 Å². The van der Waals surface area contributed by atoms with Crippen molar-refractivity contribution >= 4 is 0 Å². The average molecular weight is 195 g/mol. The Hall–Kier alpha value is -1.09. The Labute approximate surface area is 84.1 Å². The molecule has 1 aromatic rings. The lowest BCUT2D eigenvalue weighted by Crippen LogP contribution is -2.06. The van der Waals surface area contributed by atoms with Gasteiger partial charge in [0.15, 0.2) is 0 Å². The highest BCUT2D eigenvalue weighted by atomic mass is 16.5. The predicted molar refractivity (Wildman–Crippen MR) is 56.5 cm³/mol. The molecule has 78 valence electrons. The molecule has 0 radical (unpaired) electrons. The maximum atomic E-state index is 10.9. The van der Waals surface area contributed by atoms with Gasteiger partial charge in [-0.15, -0.1) is 0 Å². The van der Waals surface area contributed by atoms with Gasteiger partial charge in [-0.05, 0) is 24.5 Å². The normalized spacial score (nSPS) is 10.4. The fourth-order valence-corrected chi connectivity index (χ4v) is 1.18. The number of ether oxygens (including phenoxy) is 1. The molecule has 0 amide bonds. The summed E-state index contributed by atoms with van der Waals surface area (Å²) in [6.07, 6.45) is 4.75. The average Bonchev–Trinajstić information content (AvgIpc) is 2.18. The van der Waals surface area contributed by atoms with Crippen molar-refractivity contribution in [2.45, 2.75) is 26.2 Å². The van der Waals surface area contributed by atoms with Crippen molar-refractivity contribution in [1.82, 2.24) is 4.98 Å². The van der Waals surface area contributed by atoms with E-state index in [1.54, 1.807) is 12.3 Å². The van der Waals surface area contributed by atoms with Crippen LogP contribution in [0.5, 0.6) is 0 Å². The van der Waals surface area contributed by atoms with Gasteiger partial charge < -0.3 is 9.72 Å². The molecular formula is C11H17NO2. The van der Waals surface area contributed by atoms with Gasteiger partial charge in [0.1, 0.15) is 0 Å². The van der Waals surface area contributed by atoms with Crippen molar-refractivity contribution in [1.29, 1.82) is 0 Å². The van der Waals surface area contributed by atoms with Crippen LogP contribution >= 0.6 is 0 Å². The maximum absolute atomic E-state index is 10.9. The fraction of sp³-hybridized carbons (Fsp3) is 0.545. The molecule has 0 bridgehead atoms. The van der Waals surface area contributed by atoms with E-state index in [2.05, 4.69) is 11.9 Å². The van der Waals surface area contributed by atoms with Crippen LogP contribution in [0.4, 0.5) is 0 Å². The van der Waals surface area contributed by atoms with Crippen molar-refractivity contribution in [2.24, 2.45) is 0 Å². The number of unbranched alkanes of at least 4 members (excludes halogenated alkanes) is 1. The molecule has 0 aliphatic heterocycles. The van der Waals surface area contributed by atoms with E-state index in [1.165, 1.54) is 0 Å². The van der Waals surface area contributed by atoms with Crippen LogP contribution in [0.25, 0.3) is 0 Å². The summed E-state index contributed by atoms with van der Waals surface area (Å²) in [6.45, 7) is 3.66. The topological polar surface area (TPSA) is 42.1 Å². The summed E-state index contributed by atoms with van der Waals surface area (Å²) >= 11 is 0. The Balaban J connectivity index is 2.21. The number of nitrogens with one attached hydrogen (secondary N) is 1. The molecule has 1 heterocycles. The number of aromatic amines is 1. The van der Waals surface area contributed by atoms with Crippen LogP contribution < -0.4 is 5.56 Å². The van der Waals surface area contributed by atoms with E-state index in [1.807, 2.05) is 6.07 Å². The Kier molecular flexibility index (Phi) is 5.00. The molecular weight excluding hydrogens is 178 g/mol. The lowest BCUT2D eigenvalue weighted by molar-refractivity contribution is 0.134. The molecule has 14 heavy (non-hydrogen) atoms. The van der Waals surface area contributed by atoms with E-state index in [4.69, 9.17) is 4.74 Å². The lowest BCUT2D eigenvalue weighted by atomic mass is 10.2. The number of hydrogen-bond donors (Lipinski definition) is 1. The summed E-state index contributed by atoms with van der Waals surface area (Å²) in [5.74, 6) is 0. The minimum absolute atomic E-state index is 0.0453. The molecule has 0 spiro atoms. The fourth-order valence-electron chi connectivity index (χ4n) is 1.18. The molecule has 0 saturated carbocycles. The van der Waals surface area contributed by atoms with E-state index in [0.717, 1.165) is 31.4 Å². The highest BCUT2D eigenvalue weighted by molar-refractivity contribution is 5.09. The van der Waals surface area contributed by atoms with E-state index in [-0.39, 0.29) is 5.56 Å². The van der Waals surface area contributed by atoms with Crippen LogP contribution in [-0.2, 0) is 11.2 Å². The van der Waals surface area contributed by atoms with E-state index >= 15 is 0 Å². The van der Waals surface area contributed by atoms with Crippen molar-refractivity contribution in [3.63, 3.8) is 0 Å². The second-order valence-electron chi connectivity index (χ2n) is 3.28. The van der Waals surface area contributed by atoms with E-state index < -0.39 is 0 Å². The third-order valence-electron chi connectivity index (χ3n) is 2.02. The van der Waals surface area contributed by atoms with Gasteiger partial charge in [-0.1, -0.05) is 13.3 Å². The molecule has 0 atom stereocenters. The molecule has 0 fully saturated rings. The summed E-state index contributed by atoms with van der Waals surface area (Å²) in [5.41, 5.74) is 0.987. The lowest BCUT2D eigenvalue weighted by Gasteiger charge is -2.02. The van der Waals surface area contributed by atoms with Gasteiger partial charge in [0.25, 0.3) is 0 Å². The van der Waals surface area contributed by atoms with Gasteiger partial charge >= 0.3 is 0 Å². The first-order valence-corrected chi connectivity index (χ1v) is 5.08. The summed E-state index contributed by atoms with van der Waals surface area (Å²) in [7, 11) is 0. The highest BCUT2D eigenvalue weighted by Gasteiger charge is 1.93. The summed E-state index contributed by atoms with van der Waals surface area (Å²) in [4.78, 5) is 13.5. The first kappa shape index (κ1) is 11.0. The number of aromatic nitrogens is 1. The third kappa shape index (κ3) is 4.23. The molecule has 0 aliphatic carbocycles. The van der Waals surface area contributed by atoms with E-state index in [0.29, 0.717) is 6.61 Å². The number of H-pyrrole nitrogens is 1. The van der Waals surface area contributed by atoms with Crippen LogP contribution in [-0.4, -0.2) is 18.2 Å². The molecule has 0 saturated heterocycles. The second kappa shape index (κ2) is 6.38. The first-order chi connectivity index (χ1) is 6.83. The quantitative estimate of drug-likeness (QED) is 0.702. The van der Waals surface area contributed by atoms with Gasteiger partial charge in [-0.2, -0.15) is 0 Å². The summed E-state index contributed by atoms with van der Waals surface area (Å²) < 4.78 is 5.41. The molecule has 0 aromatic carbocycles. The van der Waals surface area contributed by atoms with Crippen LogP contribution in [0.1, 0.15) is 25.3 Å². The number of hydrogen-bond acceptors (Lipinski definition) is 2. The number of pyridine rings is 1. The molecule has 3 heteroatoms. The predicted octanol–water partition coefficient (Wildman–Crippen LogP) is 1.73. The van der Waals surface area contributed by atoms with Crippen LogP contribution in [0, 0.1) is 0 Å². The standard InChI is InChI=1S/C11H17NO2/c1-2-3-7-14-8-5-10-4-6-12-11(13)9-10/h4,6,9H,2-3,5,7-8H2,1H3,(H,12,13). The molecule has 0 unspecified atom stereocenters. The van der Waals surface area contributed by atoms with Gasteiger partial charge in [0.05, 0.1) is 6.61 Å². The Morgan fingerprint density at radius 3 is 3.00 bits per heavy atom. The Morgan fingerprint density at radius 1 is 1.43 bits per heavy atom. The SMILES string of the molecule is CCCCOCCc1cc[nH]c(=O)c1. The van der Waals surface area contributed by atoms with E-state index in [9.17, 15) is 4.79 Å². The zero-order valence-corrected chi connectivity index (χ0v) is 8.58. The van der Waals surface area contributed by atoms with Gasteiger partial charge in [0.2, 0.25) is 5.56 Å². The first-order valence-electron chi connectivity index (χ1n) is 5.08. The largest absolute Gasteiger partial charge is 0.381 e. The van der Waals surface area contributed by atoms with Crippen molar-refractivity contribution in [2.75, 3.05) is 13.2 Å². The molecule has 1 aromatic heterocycles. The molecule has 1 rings (SSSR count). The molecule has 0 aliphatic rings. The zero-order chi connectivity index (χ0) is 10.2. The van der Waals surface area contributed by atoms with Gasteiger partial charge in [0, 0.05) is 18.9 Å². The molecule has 1 N–H and O–H groups in total. The smallest absolute Gasteiger partial charge is 0.248 e. The van der Waals surface area contributed by atoms with Crippen LogP contribution in [0.15, 0.2) is 23.1 Å². The summed E-state index contributed by atoms with van der Waals surface area (Å²) in [5, 5.41) is 0.